The molecule has 0 aromatic heterocycles. The third kappa shape index (κ3) is 7.11. The number of carbonyl (C=O) groups is 1. The van der Waals surface area contributed by atoms with E-state index in [9.17, 15) is 4.79 Å². The van der Waals surface area contributed by atoms with Gasteiger partial charge in [0, 0.05) is 13.2 Å². The lowest BCUT2D eigenvalue weighted by Crippen LogP contribution is -2.22. The first kappa shape index (κ1) is 16.5. The highest BCUT2D eigenvalue weighted by molar-refractivity contribution is 5.87. The largest absolute Gasteiger partial charge is 0.492 e. The molecule has 5 heteroatoms. The highest BCUT2D eigenvalue weighted by Gasteiger charge is 2.03. The Morgan fingerprint density at radius 1 is 1.15 bits per heavy atom. The van der Waals surface area contributed by atoms with Crippen LogP contribution in [0.1, 0.15) is 36.0 Å². The zero-order valence-electron chi connectivity index (χ0n) is 11.7. The van der Waals surface area contributed by atoms with Crippen LogP contribution in [-0.4, -0.2) is 42.5 Å². The summed E-state index contributed by atoms with van der Waals surface area (Å²) in [6.45, 7) is 2.46. The summed E-state index contributed by atoms with van der Waals surface area (Å²) in [7, 11) is 0. The number of aliphatic hydroxyl groups excluding tert-OH is 1. The second kappa shape index (κ2) is 10.2. The van der Waals surface area contributed by atoms with Crippen LogP contribution in [0.4, 0.5) is 0 Å². The normalized spacial score (nSPS) is 10.4. The molecular weight excluding hydrogens is 258 g/mol. The van der Waals surface area contributed by atoms with Crippen molar-refractivity contribution < 1.29 is 19.7 Å². The minimum atomic E-state index is -0.948. The van der Waals surface area contributed by atoms with Gasteiger partial charge in [-0.15, -0.1) is 0 Å². The quantitative estimate of drug-likeness (QED) is 0.540. The minimum absolute atomic E-state index is 0.236. The van der Waals surface area contributed by atoms with Crippen LogP contribution in [0.3, 0.4) is 0 Å². The number of aromatic carboxylic acids is 1. The number of nitrogens with one attached hydrogen (secondary N) is 1. The molecule has 0 saturated carbocycles. The predicted molar refractivity (Wildman–Crippen MR) is 77.3 cm³/mol. The van der Waals surface area contributed by atoms with Gasteiger partial charge in [-0.05, 0) is 37.6 Å². The number of unbranched alkanes of at least 4 members (excludes halogenated alkanes) is 3. The number of benzene rings is 1. The van der Waals surface area contributed by atoms with Crippen molar-refractivity contribution in [2.75, 3.05) is 26.3 Å². The van der Waals surface area contributed by atoms with Crippen LogP contribution in [0.2, 0.25) is 0 Å². The molecule has 0 aliphatic rings. The van der Waals surface area contributed by atoms with E-state index >= 15 is 0 Å². The maximum atomic E-state index is 10.8. The molecule has 3 N–H and O–H groups in total. The Kier molecular flexibility index (Phi) is 8.42. The summed E-state index contributed by atoms with van der Waals surface area (Å²) < 4.78 is 5.48. The Morgan fingerprint density at radius 3 is 2.70 bits per heavy atom. The van der Waals surface area contributed by atoms with E-state index in [1.165, 1.54) is 6.07 Å². The first-order valence-corrected chi connectivity index (χ1v) is 7.02. The summed E-state index contributed by atoms with van der Waals surface area (Å²) in [5.74, 6) is -0.369. The van der Waals surface area contributed by atoms with Crippen LogP contribution in [0.15, 0.2) is 24.3 Å². The van der Waals surface area contributed by atoms with E-state index in [0.717, 1.165) is 38.8 Å². The molecule has 1 aromatic rings. The van der Waals surface area contributed by atoms with Gasteiger partial charge in [-0.1, -0.05) is 18.9 Å². The fraction of sp³-hybridized carbons (Fsp3) is 0.533. The Labute approximate surface area is 119 Å². The zero-order chi connectivity index (χ0) is 14.6. The van der Waals surface area contributed by atoms with Crippen LogP contribution in [0, 0.1) is 0 Å². The van der Waals surface area contributed by atoms with Gasteiger partial charge in [0.2, 0.25) is 0 Å². The molecule has 0 unspecified atom stereocenters. The number of ether oxygens (including phenoxy) is 1. The monoisotopic (exact) mass is 281 g/mol. The smallest absolute Gasteiger partial charge is 0.335 e. The fourth-order valence-electron chi connectivity index (χ4n) is 1.80. The predicted octanol–water partition coefficient (Wildman–Crippen LogP) is 1.91. The first-order chi connectivity index (χ1) is 9.74. The van der Waals surface area contributed by atoms with Crippen molar-refractivity contribution in [1.82, 2.24) is 5.32 Å². The van der Waals surface area contributed by atoms with Crippen molar-refractivity contribution in [3.63, 3.8) is 0 Å². The first-order valence-electron chi connectivity index (χ1n) is 7.02. The number of hydrogen-bond acceptors (Lipinski definition) is 4. The van der Waals surface area contributed by atoms with E-state index in [2.05, 4.69) is 5.32 Å². The maximum absolute atomic E-state index is 10.8. The molecule has 0 fully saturated rings. The van der Waals surface area contributed by atoms with Crippen molar-refractivity contribution in [3.05, 3.63) is 29.8 Å². The molecule has 0 aliphatic heterocycles. The fourth-order valence-corrected chi connectivity index (χ4v) is 1.80. The highest BCUT2D eigenvalue weighted by Crippen LogP contribution is 2.12. The van der Waals surface area contributed by atoms with Crippen molar-refractivity contribution >= 4 is 5.97 Å². The second-order valence-electron chi connectivity index (χ2n) is 4.57. The molecule has 5 nitrogen and oxygen atoms in total. The Hall–Kier alpha value is -1.59. The Morgan fingerprint density at radius 2 is 1.95 bits per heavy atom. The van der Waals surface area contributed by atoms with Gasteiger partial charge in [0.25, 0.3) is 0 Å². The van der Waals surface area contributed by atoms with Gasteiger partial charge < -0.3 is 20.3 Å². The average molecular weight is 281 g/mol. The maximum Gasteiger partial charge on any atom is 0.335 e. The summed E-state index contributed by atoms with van der Waals surface area (Å²) in [6, 6.07) is 6.49. The number of aliphatic hydroxyl groups is 1. The number of hydrogen-bond donors (Lipinski definition) is 3. The van der Waals surface area contributed by atoms with Crippen LogP contribution in [0.25, 0.3) is 0 Å². The molecule has 0 heterocycles. The van der Waals surface area contributed by atoms with Gasteiger partial charge in [0.1, 0.15) is 12.4 Å². The molecule has 0 spiro atoms. The van der Waals surface area contributed by atoms with Crippen molar-refractivity contribution in [2.24, 2.45) is 0 Å². The lowest BCUT2D eigenvalue weighted by atomic mass is 10.2. The van der Waals surface area contributed by atoms with Crippen LogP contribution in [0.5, 0.6) is 5.75 Å². The van der Waals surface area contributed by atoms with Gasteiger partial charge >= 0.3 is 5.97 Å². The SMILES string of the molecule is O=C(O)c1cccc(OCCNCCCCCCO)c1. The third-order valence-electron chi connectivity index (χ3n) is 2.89. The Balaban J connectivity index is 2.06. The zero-order valence-corrected chi connectivity index (χ0v) is 11.7. The standard InChI is InChI=1S/C15H23NO4/c17-10-4-2-1-3-8-16-9-11-20-14-7-5-6-13(12-14)15(18)19/h5-7,12,16-17H,1-4,8-11H2,(H,18,19). The minimum Gasteiger partial charge on any atom is -0.492 e. The van der Waals surface area contributed by atoms with Crippen LogP contribution >= 0.6 is 0 Å². The van der Waals surface area contributed by atoms with Crippen molar-refractivity contribution in [2.45, 2.75) is 25.7 Å². The van der Waals surface area contributed by atoms with E-state index in [1.54, 1.807) is 18.2 Å². The van der Waals surface area contributed by atoms with E-state index < -0.39 is 5.97 Å². The van der Waals surface area contributed by atoms with Crippen molar-refractivity contribution in [3.8, 4) is 5.75 Å². The summed E-state index contributed by atoms with van der Waals surface area (Å²) in [6.07, 6.45) is 4.16. The molecule has 0 aliphatic carbocycles. The summed E-state index contributed by atoms with van der Waals surface area (Å²) in [5, 5.41) is 20.8. The molecule has 0 bridgehead atoms. The topological polar surface area (TPSA) is 78.8 Å². The summed E-state index contributed by atoms with van der Waals surface area (Å²) in [4.78, 5) is 10.8. The molecule has 112 valence electrons. The van der Waals surface area contributed by atoms with Gasteiger partial charge in [0.05, 0.1) is 5.56 Å². The molecule has 0 atom stereocenters. The van der Waals surface area contributed by atoms with Gasteiger partial charge in [0.15, 0.2) is 0 Å². The number of rotatable bonds is 11. The van der Waals surface area contributed by atoms with Gasteiger partial charge in [-0.25, -0.2) is 4.79 Å². The third-order valence-corrected chi connectivity index (χ3v) is 2.89. The molecule has 20 heavy (non-hydrogen) atoms. The Bertz CT molecular complexity index is 395. The highest BCUT2D eigenvalue weighted by atomic mass is 16.5. The van der Waals surface area contributed by atoms with Crippen LogP contribution in [-0.2, 0) is 0 Å². The van der Waals surface area contributed by atoms with E-state index in [-0.39, 0.29) is 12.2 Å². The van der Waals surface area contributed by atoms with Crippen LogP contribution < -0.4 is 10.1 Å². The summed E-state index contributed by atoms with van der Waals surface area (Å²) in [5.41, 5.74) is 0.236. The lowest BCUT2D eigenvalue weighted by Gasteiger charge is -2.08. The number of carboxylic acid groups (broad SMARTS) is 1. The molecule has 0 amide bonds. The van der Waals surface area contributed by atoms with Gasteiger partial charge in [-0.2, -0.15) is 0 Å². The average Bonchev–Trinajstić information content (AvgIpc) is 2.46. The van der Waals surface area contributed by atoms with E-state index in [0.29, 0.717) is 12.4 Å². The van der Waals surface area contributed by atoms with Gasteiger partial charge in [-0.3, -0.25) is 0 Å². The molecule has 1 rings (SSSR count). The lowest BCUT2D eigenvalue weighted by molar-refractivity contribution is 0.0696. The summed E-state index contributed by atoms with van der Waals surface area (Å²) >= 11 is 0. The van der Waals surface area contributed by atoms with E-state index in [1.807, 2.05) is 0 Å². The number of carboxylic acids is 1. The van der Waals surface area contributed by atoms with Crippen molar-refractivity contribution in [1.29, 1.82) is 0 Å². The van der Waals surface area contributed by atoms with E-state index in [4.69, 9.17) is 14.9 Å². The molecule has 1 aromatic carbocycles. The molecule has 0 saturated heterocycles. The molecule has 0 radical (unpaired) electrons. The molecular formula is C15H23NO4. The second-order valence-corrected chi connectivity index (χ2v) is 4.57.